The largest absolute Gasteiger partial charge is 0.416 e. The number of rotatable bonds is 4. The first kappa shape index (κ1) is 22.7. The summed E-state index contributed by atoms with van der Waals surface area (Å²) < 4.78 is 69.9. The number of pyridine rings is 1. The van der Waals surface area contributed by atoms with Gasteiger partial charge in [-0.1, -0.05) is 18.1 Å². The Balaban J connectivity index is 1.95. The van der Waals surface area contributed by atoms with E-state index in [1.54, 1.807) is 7.05 Å². The van der Waals surface area contributed by atoms with Gasteiger partial charge >= 0.3 is 6.18 Å². The van der Waals surface area contributed by atoms with E-state index in [0.717, 1.165) is 10.6 Å². The van der Waals surface area contributed by atoms with E-state index in [1.165, 1.54) is 42.2 Å². The molecule has 0 saturated heterocycles. The second-order valence-corrected chi connectivity index (χ2v) is 8.08. The predicted octanol–water partition coefficient (Wildman–Crippen LogP) is 4.09. The van der Waals surface area contributed by atoms with Gasteiger partial charge in [0.05, 0.1) is 22.8 Å². The van der Waals surface area contributed by atoms with Crippen LogP contribution in [0.4, 0.5) is 22.0 Å². The first-order valence-electron chi connectivity index (χ1n) is 10.0. The van der Waals surface area contributed by atoms with Crippen LogP contribution in [0.5, 0.6) is 0 Å². The van der Waals surface area contributed by atoms with Gasteiger partial charge in [0, 0.05) is 19.3 Å². The SMILES string of the molecule is C#C[C@@H](/N=c1\ncn(C)c2cc(=O)n(C3(C(F)F)CC3)cc12)c1cccc(C(F)(F)F)c1C. The minimum atomic E-state index is -4.56. The van der Waals surface area contributed by atoms with Gasteiger partial charge in [0.15, 0.2) is 5.49 Å². The Morgan fingerprint density at radius 3 is 2.55 bits per heavy atom. The Kier molecular flexibility index (Phi) is 5.39. The van der Waals surface area contributed by atoms with Gasteiger partial charge in [-0.25, -0.2) is 18.8 Å². The van der Waals surface area contributed by atoms with Crippen LogP contribution in [0.1, 0.15) is 35.6 Å². The summed E-state index contributed by atoms with van der Waals surface area (Å²) in [4.78, 5) is 21.2. The molecule has 3 aromatic rings. The zero-order valence-corrected chi connectivity index (χ0v) is 17.7. The van der Waals surface area contributed by atoms with Crippen molar-refractivity contribution in [3.05, 3.63) is 69.3 Å². The minimum Gasteiger partial charge on any atom is -0.335 e. The lowest BCUT2D eigenvalue weighted by Crippen LogP contribution is -2.35. The van der Waals surface area contributed by atoms with Crippen LogP contribution in [0, 0.1) is 19.3 Å². The average molecular weight is 462 g/mol. The summed E-state index contributed by atoms with van der Waals surface area (Å²) in [5, 5.41) is 0.288. The Morgan fingerprint density at radius 2 is 1.97 bits per heavy atom. The summed E-state index contributed by atoms with van der Waals surface area (Å²) in [5.41, 5.74) is -2.44. The van der Waals surface area contributed by atoms with Gasteiger partial charge < -0.3 is 9.13 Å². The molecule has 0 aliphatic heterocycles. The summed E-state index contributed by atoms with van der Waals surface area (Å²) in [5.74, 6) is 2.38. The third-order valence-electron chi connectivity index (χ3n) is 6.04. The number of nitrogens with zero attached hydrogens (tertiary/aromatic N) is 4. The fourth-order valence-electron chi connectivity index (χ4n) is 3.98. The topological polar surface area (TPSA) is 52.2 Å². The van der Waals surface area contributed by atoms with Gasteiger partial charge in [0.2, 0.25) is 0 Å². The van der Waals surface area contributed by atoms with Crippen molar-refractivity contribution < 1.29 is 22.0 Å². The highest BCUT2D eigenvalue weighted by molar-refractivity contribution is 5.76. The van der Waals surface area contributed by atoms with Crippen molar-refractivity contribution in [2.24, 2.45) is 12.0 Å². The lowest BCUT2D eigenvalue weighted by molar-refractivity contribution is -0.138. The highest BCUT2D eigenvalue weighted by Gasteiger charge is 2.53. The molecule has 0 radical (unpaired) electrons. The van der Waals surface area contributed by atoms with Crippen LogP contribution in [-0.4, -0.2) is 20.5 Å². The fraction of sp³-hybridized carbons (Fsp3) is 0.348. The average Bonchev–Trinajstić information content (AvgIpc) is 3.55. The first-order valence-corrected chi connectivity index (χ1v) is 10.0. The van der Waals surface area contributed by atoms with Gasteiger partial charge in [-0.15, -0.1) is 6.42 Å². The van der Waals surface area contributed by atoms with E-state index in [2.05, 4.69) is 15.9 Å². The molecule has 0 amide bonds. The number of benzene rings is 1. The molecular formula is C23H19F5N4O. The molecule has 0 bridgehead atoms. The van der Waals surface area contributed by atoms with E-state index in [0.29, 0.717) is 5.52 Å². The maximum absolute atomic E-state index is 13.7. The van der Waals surface area contributed by atoms with Crippen molar-refractivity contribution in [3.8, 4) is 12.3 Å². The van der Waals surface area contributed by atoms with E-state index in [4.69, 9.17) is 6.42 Å². The van der Waals surface area contributed by atoms with Crippen LogP contribution in [0.15, 0.2) is 46.6 Å². The summed E-state index contributed by atoms with van der Waals surface area (Å²) in [6.07, 6.45) is 1.30. The maximum Gasteiger partial charge on any atom is 0.416 e. The van der Waals surface area contributed by atoms with E-state index in [1.807, 2.05) is 0 Å². The van der Waals surface area contributed by atoms with Gasteiger partial charge in [-0.3, -0.25) is 4.79 Å². The number of aromatic nitrogens is 3. The van der Waals surface area contributed by atoms with Crippen molar-refractivity contribution in [1.29, 1.82) is 0 Å². The Hall–Kier alpha value is -3.48. The highest BCUT2D eigenvalue weighted by atomic mass is 19.4. The predicted molar refractivity (Wildman–Crippen MR) is 112 cm³/mol. The van der Waals surface area contributed by atoms with E-state index < -0.39 is 35.3 Å². The smallest absolute Gasteiger partial charge is 0.335 e. The molecule has 1 fully saturated rings. The molecule has 0 unspecified atom stereocenters. The second-order valence-electron chi connectivity index (χ2n) is 8.08. The second kappa shape index (κ2) is 7.83. The third kappa shape index (κ3) is 3.81. The van der Waals surface area contributed by atoms with Crippen LogP contribution in [0.25, 0.3) is 10.9 Å². The Morgan fingerprint density at radius 1 is 1.27 bits per heavy atom. The fourth-order valence-corrected chi connectivity index (χ4v) is 3.98. The number of hydrogen-bond donors (Lipinski definition) is 0. The lowest BCUT2D eigenvalue weighted by Gasteiger charge is -2.19. The van der Waals surface area contributed by atoms with E-state index >= 15 is 0 Å². The first-order chi connectivity index (χ1) is 15.5. The summed E-state index contributed by atoms with van der Waals surface area (Å²) in [6, 6.07) is 3.77. The molecule has 1 atom stereocenters. The van der Waals surface area contributed by atoms with Crippen LogP contribution in [0.3, 0.4) is 0 Å². The number of halogens is 5. The standard InChI is InChI=1S/C23H19F5N4O/c1-4-17(14-6-5-7-16(13(14)2)23(26,27)28)30-20-15-11-32(22(8-9-22)21(24)25)19(33)10-18(15)31(3)12-29-20/h1,5-7,10-12,17,21H,8-9H2,2-3H3/b30-20-/t17-/m1/s1. The lowest BCUT2D eigenvalue weighted by atomic mass is 9.97. The zero-order chi connectivity index (χ0) is 24.1. The van der Waals surface area contributed by atoms with Gasteiger partial charge in [-0.2, -0.15) is 13.2 Å². The molecule has 0 N–H and O–H groups in total. The Bertz CT molecular complexity index is 1410. The molecule has 1 aromatic carbocycles. The quantitative estimate of drug-likeness (QED) is 0.433. The molecule has 1 saturated carbocycles. The normalized spacial score (nSPS) is 16.8. The summed E-state index contributed by atoms with van der Waals surface area (Å²) in [7, 11) is 1.62. The summed E-state index contributed by atoms with van der Waals surface area (Å²) >= 11 is 0. The number of fused-ring (bicyclic) bond motifs is 1. The molecule has 5 nitrogen and oxygen atoms in total. The molecule has 172 valence electrons. The number of alkyl halides is 5. The van der Waals surface area contributed by atoms with Crippen LogP contribution in [0.2, 0.25) is 0 Å². The molecule has 0 spiro atoms. The third-order valence-corrected chi connectivity index (χ3v) is 6.04. The molecule has 4 rings (SSSR count). The zero-order valence-electron chi connectivity index (χ0n) is 17.7. The molecule has 2 aromatic heterocycles. The van der Waals surface area contributed by atoms with Gasteiger partial charge in [0.1, 0.15) is 11.6 Å². The van der Waals surface area contributed by atoms with E-state index in [-0.39, 0.29) is 34.8 Å². The van der Waals surface area contributed by atoms with Crippen molar-refractivity contribution in [3.63, 3.8) is 0 Å². The molecule has 1 aliphatic carbocycles. The van der Waals surface area contributed by atoms with Crippen molar-refractivity contribution in [1.82, 2.24) is 14.1 Å². The molecular weight excluding hydrogens is 443 g/mol. The minimum absolute atomic E-state index is 0.0432. The molecule has 1 aliphatic rings. The van der Waals surface area contributed by atoms with Gasteiger partial charge in [0.25, 0.3) is 12.0 Å². The van der Waals surface area contributed by atoms with Crippen LogP contribution >= 0.6 is 0 Å². The summed E-state index contributed by atoms with van der Waals surface area (Å²) in [6.45, 7) is 1.31. The van der Waals surface area contributed by atoms with Gasteiger partial charge in [-0.05, 0) is 37.0 Å². The van der Waals surface area contributed by atoms with Crippen LogP contribution < -0.4 is 11.0 Å². The molecule has 2 heterocycles. The maximum atomic E-state index is 13.7. The number of hydrogen-bond acceptors (Lipinski definition) is 3. The number of aryl methyl sites for hydroxylation is 1. The van der Waals surface area contributed by atoms with Crippen molar-refractivity contribution in [2.45, 2.75) is 43.9 Å². The molecule has 33 heavy (non-hydrogen) atoms. The highest BCUT2D eigenvalue weighted by Crippen LogP contribution is 2.47. The van der Waals surface area contributed by atoms with Crippen LogP contribution in [-0.2, 0) is 18.8 Å². The van der Waals surface area contributed by atoms with Crippen molar-refractivity contribution in [2.75, 3.05) is 0 Å². The number of terminal acetylenes is 1. The monoisotopic (exact) mass is 462 g/mol. The van der Waals surface area contributed by atoms with Crippen molar-refractivity contribution >= 4 is 10.9 Å². The molecule has 10 heteroatoms. The van der Waals surface area contributed by atoms with E-state index in [9.17, 15) is 26.7 Å². The Labute approximate surface area is 185 Å².